The summed E-state index contributed by atoms with van der Waals surface area (Å²) in [5, 5.41) is 14.1. The van der Waals surface area contributed by atoms with E-state index in [1.165, 1.54) is 29.2 Å². The van der Waals surface area contributed by atoms with Crippen LogP contribution in [0.25, 0.3) is 0 Å². The summed E-state index contributed by atoms with van der Waals surface area (Å²) < 4.78 is 37.7. The number of carbonyl (C=O) groups excluding carboxylic acids is 3. The number of ether oxygens (including phenoxy) is 2. The largest absolute Gasteiger partial charge is 0.461 e. The van der Waals surface area contributed by atoms with Gasteiger partial charge in [-0.2, -0.15) is 14.7 Å². The zero-order chi connectivity index (χ0) is 33.6. The van der Waals surface area contributed by atoms with Crippen molar-refractivity contribution < 1.29 is 32.3 Å². The Kier molecular flexibility index (Phi) is 14.4. The smallest absolute Gasteiger partial charge is 0.330 e. The molecule has 1 N–H and O–H groups in total. The Balaban J connectivity index is 2.28. The van der Waals surface area contributed by atoms with Gasteiger partial charge in [0.2, 0.25) is 10.0 Å². The van der Waals surface area contributed by atoms with E-state index in [-0.39, 0.29) is 54.3 Å². The van der Waals surface area contributed by atoms with E-state index in [0.29, 0.717) is 23.5 Å². The summed E-state index contributed by atoms with van der Waals surface area (Å²) in [6.07, 6.45) is 5.82. The van der Waals surface area contributed by atoms with E-state index in [0.717, 1.165) is 42.1 Å². The van der Waals surface area contributed by atoms with Crippen molar-refractivity contribution in [3.8, 4) is 6.07 Å². The third-order valence-electron chi connectivity index (χ3n) is 7.18. The van der Waals surface area contributed by atoms with Crippen LogP contribution < -0.4 is 5.43 Å². The molecule has 0 aliphatic carbocycles. The number of hydrazone groups is 1. The van der Waals surface area contributed by atoms with Gasteiger partial charge in [-0.3, -0.25) is 10.2 Å². The van der Waals surface area contributed by atoms with Crippen LogP contribution in [0, 0.1) is 17.2 Å². The van der Waals surface area contributed by atoms with Crippen LogP contribution in [-0.2, 0) is 33.9 Å². The zero-order valence-corrected chi connectivity index (χ0v) is 26.9. The van der Waals surface area contributed by atoms with Crippen LogP contribution in [0.5, 0.6) is 0 Å². The first-order valence-electron chi connectivity index (χ1n) is 14.6. The number of amides is 1. The molecule has 0 bridgehead atoms. The molecule has 13 heteroatoms. The average Bonchev–Trinajstić information content (AvgIpc) is 3.03. The Morgan fingerprint density at radius 2 is 1.69 bits per heavy atom. The van der Waals surface area contributed by atoms with E-state index in [1.54, 1.807) is 6.92 Å². The van der Waals surface area contributed by atoms with E-state index in [2.05, 4.69) is 50.2 Å². The minimum atomic E-state index is -4.10. The Morgan fingerprint density at radius 3 is 2.18 bits per heavy atom. The van der Waals surface area contributed by atoms with E-state index in [4.69, 9.17) is 9.47 Å². The predicted molar refractivity (Wildman–Crippen MR) is 171 cm³/mol. The quantitative estimate of drug-likeness (QED) is 0.140. The number of unbranched alkanes of at least 4 members (excludes halogenated alkanes) is 1. The van der Waals surface area contributed by atoms with Gasteiger partial charge in [0.1, 0.15) is 19.3 Å². The molecule has 45 heavy (non-hydrogen) atoms. The van der Waals surface area contributed by atoms with Crippen molar-refractivity contribution in [1.82, 2.24) is 9.21 Å². The standard InChI is InChI=1S/C32H41N5O7S/c1-7-11-12-25(8-2)22-37-24(6)28(21-33)23(5)31(32(37)40)35-34-26-13-15-27(16-14-26)45(41,42)36(17-19-43-29(38)9-3)18-20-44-30(39)10-4/h9-10,13-16,25,34H,3-4,6-8,11-12,17-20,22H2,1-2,5H3. The lowest BCUT2D eigenvalue weighted by molar-refractivity contribution is -0.138. The first-order valence-corrected chi connectivity index (χ1v) is 16.0. The third-order valence-corrected chi connectivity index (χ3v) is 9.09. The molecule has 2 rings (SSSR count). The molecule has 0 aromatic heterocycles. The molecule has 0 radical (unpaired) electrons. The molecule has 1 aliphatic heterocycles. The Hall–Kier alpha value is -4.54. The van der Waals surface area contributed by atoms with Crippen molar-refractivity contribution in [2.75, 3.05) is 38.3 Å². The molecule has 12 nitrogen and oxygen atoms in total. The van der Waals surface area contributed by atoms with Gasteiger partial charge in [-0.05, 0) is 43.5 Å². The summed E-state index contributed by atoms with van der Waals surface area (Å²) in [6, 6.07) is 7.77. The molecular weight excluding hydrogens is 598 g/mol. The lowest BCUT2D eigenvalue weighted by Crippen LogP contribution is -2.43. The second-order valence-corrected chi connectivity index (χ2v) is 12.1. The first-order chi connectivity index (χ1) is 21.4. The van der Waals surface area contributed by atoms with Crippen molar-refractivity contribution in [3.63, 3.8) is 0 Å². The van der Waals surface area contributed by atoms with Gasteiger partial charge in [0.25, 0.3) is 5.91 Å². The average molecular weight is 640 g/mol. The van der Waals surface area contributed by atoms with E-state index >= 15 is 0 Å². The molecule has 1 aliphatic rings. The van der Waals surface area contributed by atoms with E-state index in [9.17, 15) is 28.1 Å². The minimum Gasteiger partial charge on any atom is -0.461 e. The fraction of sp³-hybridized carbons (Fsp3) is 0.406. The number of sulfonamides is 1. The van der Waals surface area contributed by atoms with Gasteiger partial charge in [-0.1, -0.05) is 52.8 Å². The van der Waals surface area contributed by atoms with Crippen LogP contribution in [0.1, 0.15) is 46.5 Å². The molecule has 1 atom stereocenters. The van der Waals surface area contributed by atoms with Gasteiger partial charge in [-0.25, -0.2) is 18.0 Å². The SMILES string of the molecule is C=CC(=O)OCCN(CCOC(=O)C=C)S(=O)(=O)c1ccc(NN=C2C(=O)N(CC(CC)CCCC)C(=C)C(C#N)=C2C)cc1. The molecular formula is C32H41N5O7S. The van der Waals surface area contributed by atoms with Gasteiger partial charge in [0, 0.05) is 37.4 Å². The highest BCUT2D eigenvalue weighted by molar-refractivity contribution is 7.89. The second kappa shape index (κ2) is 17.7. The lowest BCUT2D eigenvalue weighted by atomic mass is 9.93. The van der Waals surface area contributed by atoms with Crippen LogP contribution in [0.4, 0.5) is 5.69 Å². The number of benzene rings is 1. The van der Waals surface area contributed by atoms with Crippen LogP contribution in [0.2, 0.25) is 0 Å². The van der Waals surface area contributed by atoms with Crippen molar-refractivity contribution in [1.29, 1.82) is 5.26 Å². The number of allylic oxidation sites excluding steroid dienone is 1. The maximum atomic E-state index is 13.5. The number of nitrogens with zero attached hydrogens (tertiary/aromatic N) is 4. The highest BCUT2D eigenvalue weighted by Gasteiger charge is 2.34. The van der Waals surface area contributed by atoms with Gasteiger partial charge in [0.15, 0.2) is 5.71 Å². The van der Waals surface area contributed by atoms with Crippen LogP contribution in [-0.4, -0.2) is 74.0 Å². The van der Waals surface area contributed by atoms with Crippen LogP contribution in [0.3, 0.4) is 0 Å². The van der Waals surface area contributed by atoms with Crippen LogP contribution in [0.15, 0.2) is 83.0 Å². The molecule has 1 aromatic rings. The summed E-state index contributed by atoms with van der Waals surface area (Å²) >= 11 is 0. The highest BCUT2D eigenvalue weighted by Crippen LogP contribution is 2.28. The third kappa shape index (κ3) is 9.99. The Bertz CT molecular complexity index is 1460. The summed E-state index contributed by atoms with van der Waals surface area (Å²) in [5.41, 5.74) is 4.27. The summed E-state index contributed by atoms with van der Waals surface area (Å²) in [5.74, 6) is -1.54. The second-order valence-electron chi connectivity index (χ2n) is 10.1. The molecule has 1 amide bonds. The van der Waals surface area contributed by atoms with Gasteiger partial charge < -0.3 is 14.4 Å². The molecule has 1 aromatic carbocycles. The van der Waals surface area contributed by atoms with Crippen LogP contribution >= 0.6 is 0 Å². The van der Waals surface area contributed by atoms with Crippen molar-refractivity contribution in [2.24, 2.45) is 11.0 Å². The number of rotatable bonds is 18. The lowest BCUT2D eigenvalue weighted by Gasteiger charge is -2.33. The van der Waals surface area contributed by atoms with E-state index < -0.39 is 22.0 Å². The maximum absolute atomic E-state index is 13.5. The first kappa shape index (κ1) is 36.7. The van der Waals surface area contributed by atoms with Gasteiger partial charge in [-0.15, -0.1) is 0 Å². The van der Waals surface area contributed by atoms with Crippen molar-refractivity contribution >= 4 is 39.3 Å². The molecule has 0 spiro atoms. The maximum Gasteiger partial charge on any atom is 0.330 e. The zero-order valence-electron chi connectivity index (χ0n) is 26.1. The monoisotopic (exact) mass is 639 g/mol. The number of nitriles is 1. The number of nitrogens with one attached hydrogen (secondary N) is 1. The number of carbonyl (C=O) groups is 3. The molecule has 0 saturated heterocycles. The van der Waals surface area contributed by atoms with Crippen molar-refractivity contribution in [2.45, 2.75) is 51.3 Å². The summed E-state index contributed by atoms with van der Waals surface area (Å²) in [6.45, 7) is 16.0. The Morgan fingerprint density at radius 1 is 1.11 bits per heavy atom. The number of hydrogen-bond donors (Lipinski definition) is 1. The molecule has 0 fully saturated rings. The number of esters is 2. The molecule has 1 unspecified atom stereocenters. The fourth-order valence-corrected chi connectivity index (χ4v) is 5.87. The minimum absolute atomic E-state index is 0.0651. The Labute approximate surface area is 265 Å². The number of anilines is 1. The molecule has 1 heterocycles. The van der Waals surface area contributed by atoms with Gasteiger partial charge in [0.05, 0.1) is 21.9 Å². The highest BCUT2D eigenvalue weighted by atomic mass is 32.2. The summed E-state index contributed by atoms with van der Waals surface area (Å²) in [7, 11) is -4.10. The predicted octanol–water partition coefficient (Wildman–Crippen LogP) is 4.32. The topological polar surface area (TPSA) is 158 Å². The molecule has 0 saturated carbocycles. The van der Waals surface area contributed by atoms with Gasteiger partial charge >= 0.3 is 11.9 Å². The number of hydrogen-bond acceptors (Lipinski definition) is 10. The van der Waals surface area contributed by atoms with Crippen molar-refractivity contribution in [3.05, 3.63) is 73.0 Å². The summed E-state index contributed by atoms with van der Waals surface area (Å²) in [4.78, 5) is 37.8. The van der Waals surface area contributed by atoms with E-state index in [1.807, 2.05) is 0 Å². The fourth-order valence-electron chi connectivity index (χ4n) is 4.47. The molecule has 242 valence electrons. The normalized spacial score (nSPS) is 15.1.